The molecule has 0 heterocycles. The molecule has 24 heavy (non-hydrogen) atoms. The van der Waals surface area contributed by atoms with Gasteiger partial charge in [0.25, 0.3) is 0 Å². The number of ether oxygens (including phenoxy) is 1. The molecule has 3 nitrogen and oxygen atoms in total. The van der Waals surface area contributed by atoms with Crippen molar-refractivity contribution in [1.29, 1.82) is 0 Å². The largest absolute Gasteiger partial charge is 0.492 e. The topological polar surface area (TPSA) is 38.3 Å². The number of rotatable bonds is 6. The third kappa shape index (κ3) is 4.60. The number of nitrogens with one attached hydrogen (secondary N) is 1. The van der Waals surface area contributed by atoms with Crippen molar-refractivity contribution in [2.24, 2.45) is 0 Å². The van der Waals surface area contributed by atoms with Crippen LogP contribution < -0.4 is 10.1 Å². The van der Waals surface area contributed by atoms with Crippen LogP contribution in [0.15, 0.2) is 46.9 Å². The highest BCUT2D eigenvalue weighted by molar-refractivity contribution is 9.10. The summed E-state index contributed by atoms with van der Waals surface area (Å²) in [6.45, 7) is 1.00. The number of halogens is 1. The van der Waals surface area contributed by atoms with Crippen LogP contribution in [-0.4, -0.2) is 19.1 Å². The van der Waals surface area contributed by atoms with Gasteiger partial charge in [0, 0.05) is 4.47 Å². The smallest absolute Gasteiger partial charge is 0.224 e. The Kier molecular flexibility index (Phi) is 5.91. The van der Waals surface area contributed by atoms with Crippen LogP contribution in [0.4, 0.5) is 0 Å². The Morgan fingerprint density at radius 2 is 1.88 bits per heavy atom. The van der Waals surface area contributed by atoms with Crippen LogP contribution in [0, 0.1) is 0 Å². The standard InChI is InChI=1S/C20H22BrNO2/c21-19-8-4-3-7-17(19)14-20(23)22-11-12-24-18-10-9-15-5-1-2-6-16(15)13-18/h3-4,7-10,13H,1-2,5-6,11-12,14H2,(H,22,23). The number of amides is 1. The van der Waals surface area contributed by atoms with Gasteiger partial charge in [-0.15, -0.1) is 0 Å². The molecule has 0 bridgehead atoms. The van der Waals surface area contributed by atoms with Gasteiger partial charge < -0.3 is 10.1 Å². The van der Waals surface area contributed by atoms with Crippen molar-refractivity contribution in [1.82, 2.24) is 5.32 Å². The van der Waals surface area contributed by atoms with Crippen LogP contribution in [-0.2, 0) is 24.1 Å². The van der Waals surface area contributed by atoms with Crippen LogP contribution in [0.2, 0.25) is 0 Å². The van der Waals surface area contributed by atoms with Crippen molar-refractivity contribution in [3.05, 3.63) is 63.6 Å². The van der Waals surface area contributed by atoms with Crippen LogP contribution in [0.5, 0.6) is 5.75 Å². The highest BCUT2D eigenvalue weighted by Gasteiger charge is 2.10. The second kappa shape index (κ2) is 8.34. The van der Waals surface area contributed by atoms with E-state index in [-0.39, 0.29) is 5.91 Å². The lowest BCUT2D eigenvalue weighted by molar-refractivity contribution is -0.120. The normalized spacial score (nSPS) is 13.2. The molecule has 0 atom stereocenters. The summed E-state index contributed by atoms with van der Waals surface area (Å²) >= 11 is 3.46. The predicted molar refractivity (Wildman–Crippen MR) is 99.4 cm³/mol. The van der Waals surface area contributed by atoms with Crippen LogP contribution in [0.3, 0.4) is 0 Å². The van der Waals surface area contributed by atoms with Crippen molar-refractivity contribution < 1.29 is 9.53 Å². The van der Waals surface area contributed by atoms with E-state index in [1.54, 1.807) is 0 Å². The fourth-order valence-corrected chi connectivity index (χ4v) is 3.46. The summed E-state index contributed by atoms with van der Waals surface area (Å²) in [7, 11) is 0. The lowest BCUT2D eigenvalue weighted by Crippen LogP contribution is -2.29. The van der Waals surface area contributed by atoms with E-state index in [0.717, 1.165) is 22.2 Å². The van der Waals surface area contributed by atoms with Gasteiger partial charge in [-0.2, -0.15) is 0 Å². The summed E-state index contributed by atoms with van der Waals surface area (Å²) in [5.74, 6) is 0.909. The molecule has 126 valence electrons. The Labute approximate surface area is 151 Å². The molecular formula is C20H22BrNO2. The van der Waals surface area contributed by atoms with E-state index in [1.165, 1.54) is 30.4 Å². The van der Waals surface area contributed by atoms with Gasteiger partial charge in [0.15, 0.2) is 0 Å². The Hall–Kier alpha value is -1.81. The van der Waals surface area contributed by atoms with Gasteiger partial charge in [-0.3, -0.25) is 4.79 Å². The number of hydrogen-bond acceptors (Lipinski definition) is 2. The maximum Gasteiger partial charge on any atom is 0.224 e. The van der Waals surface area contributed by atoms with E-state index in [4.69, 9.17) is 4.74 Å². The quantitative estimate of drug-likeness (QED) is 0.758. The molecule has 0 aliphatic heterocycles. The van der Waals surface area contributed by atoms with Gasteiger partial charge >= 0.3 is 0 Å². The summed E-state index contributed by atoms with van der Waals surface area (Å²) in [5.41, 5.74) is 3.86. The number of hydrogen-bond donors (Lipinski definition) is 1. The van der Waals surface area contributed by atoms with Gasteiger partial charge in [-0.1, -0.05) is 40.2 Å². The molecule has 1 amide bonds. The molecule has 3 rings (SSSR count). The number of carbonyl (C=O) groups excluding carboxylic acids is 1. The molecule has 0 saturated carbocycles. The van der Waals surface area contributed by atoms with E-state index in [1.807, 2.05) is 30.3 Å². The van der Waals surface area contributed by atoms with Crippen molar-refractivity contribution in [2.45, 2.75) is 32.1 Å². The predicted octanol–water partition coefficient (Wildman–Crippen LogP) is 4.07. The van der Waals surface area contributed by atoms with Gasteiger partial charge in [-0.05, 0) is 60.6 Å². The zero-order valence-corrected chi connectivity index (χ0v) is 15.3. The molecule has 0 unspecified atom stereocenters. The van der Waals surface area contributed by atoms with Crippen LogP contribution in [0.1, 0.15) is 29.5 Å². The average Bonchev–Trinajstić information content (AvgIpc) is 2.60. The van der Waals surface area contributed by atoms with Gasteiger partial charge in [0.2, 0.25) is 5.91 Å². The fourth-order valence-electron chi connectivity index (χ4n) is 3.04. The third-order valence-corrected chi connectivity index (χ3v) is 5.10. The van der Waals surface area contributed by atoms with Crippen LogP contribution >= 0.6 is 15.9 Å². The first-order valence-electron chi connectivity index (χ1n) is 8.47. The Bertz CT molecular complexity index is 715. The summed E-state index contributed by atoms with van der Waals surface area (Å²) in [4.78, 5) is 12.0. The van der Waals surface area contributed by atoms with E-state index in [0.29, 0.717) is 19.6 Å². The fraction of sp³-hybridized carbons (Fsp3) is 0.350. The van der Waals surface area contributed by atoms with Crippen molar-refractivity contribution in [3.8, 4) is 5.75 Å². The lowest BCUT2D eigenvalue weighted by Gasteiger charge is -2.17. The van der Waals surface area contributed by atoms with E-state index >= 15 is 0 Å². The highest BCUT2D eigenvalue weighted by atomic mass is 79.9. The van der Waals surface area contributed by atoms with Gasteiger partial charge in [0.05, 0.1) is 13.0 Å². The molecule has 0 aromatic heterocycles. The average molecular weight is 388 g/mol. The molecule has 1 aliphatic rings. The van der Waals surface area contributed by atoms with E-state index in [2.05, 4.69) is 33.4 Å². The van der Waals surface area contributed by atoms with Gasteiger partial charge in [-0.25, -0.2) is 0 Å². The minimum Gasteiger partial charge on any atom is -0.492 e. The molecule has 0 fully saturated rings. The Morgan fingerprint density at radius 1 is 1.08 bits per heavy atom. The maximum absolute atomic E-state index is 12.0. The van der Waals surface area contributed by atoms with E-state index < -0.39 is 0 Å². The molecule has 0 radical (unpaired) electrons. The molecular weight excluding hydrogens is 366 g/mol. The second-order valence-electron chi connectivity index (χ2n) is 6.10. The minimum atomic E-state index is 0.0101. The summed E-state index contributed by atoms with van der Waals surface area (Å²) in [6.07, 6.45) is 5.26. The molecule has 0 spiro atoms. The lowest BCUT2D eigenvalue weighted by atomic mass is 9.92. The van der Waals surface area contributed by atoms with Gasteiger partial charge in [0.1, 0.15) is 12.4 Å². The first-order valence-corrected chi connectivity index (χ1v) is 9.26. The number of benzene rings is 2. The third-order valence-electron chi connectivity index (χ3n) is 4.32. The zero-order valence-electron chi connectivity index (χ0n) is 13.7. The van der Waals surface area contributed by atoms with Crippen molar-refractivity contribution >= 4 is 21.8 Å². The maximum atomic E-state index is 12.0. The van der Waals surface area contributed by atoms with Crippen molar-refractivity contribution in [2.75, 3.05) is 13.2 Å². The Morgan fingerprint density at radius 3 is 2.71 bits per heavy atom. The number of carbonyl (C=O) groups is 1. The summed E-state index contributed by atoms with van der Waals surface area (Å²) in [6, 6.07) is 14.1. The molecule has 2 aromatic carbocycles. The van der Waals surface area contributed by atoms with Crippen LogP contribution in [0.25, 0.3) is 0 Å². The monoisotopic (exact) mass is 387 g/mol. The highest BCUT2D eigenvalue weighted by Crippen LogP contribution is 2.25. The van der Waals surface area contributed by atoms with E-state index in [9.17, 15) is 4.79 Å². The first-order chi connectivity index (χ1) is 11.7. The number of aryl methyl sites for hydroxylation is 2. The summed E-state index contributed by atoms with van der Waals surface area (Å²) in [5, 5.41) is 2.91. The number of fused-ring (bicyclic) bond motifs is 1. The molecule has 1 N–H and O–H groups in total. The molecule has 2 aromatic rings. The summed E-state index contributed by atoms with van der Waals surface area (Å²) < 4.78 is 6.74. The second-order valence-corrected chi connectivity index (χ2v) is 6.96. The van der Waals surface area contributed by atoms with Crippen molar-refractivity contribution in [3.63, 3.8) is 0 Å². The molecule has 0 saturated heterocycles. The first kappa shape index (κ1) is 17.0. The molecule has 4 heteroatoms. The zero-order chi connectivity index (χ0) is 16.8. The Balaban J connectivity index is 1.42. The molecule has 1 aliphatic carbocycles. The minimum absolute atomic E-state index is 0.0101. The SMILES string of the molecule is O=C(Cc1ccccc1Br)NCCOc1ccc2c(c1)CCCC2.